The van der Waals surface area contributed by atoms with Gasteiger partial charge >= 0.3 is 23.9 Å². The average molecular weight is 536 g/mol. The van der Waals surface area contributed by atoms with Crippen molar-refractivity contribution >= 4 is 23.9 Å². The zero-order valence-electron chi connectivity index (χ0n) is 24.5. The number of rotatable bonds is 13. The van der Waals surface area contributed by atoms with E-state index in [1.54, 1.807) is 61.5 Å². The SMILES string of the molecule is CCC(C)(C)C(=O)Oc1ccc(C[C@H](N)C(=O)O[C@@H](C)[C@H](C)OC(=O)C(C)C)cc1OC(=O)C(C)(C)CC. The van der Waals surface area contributed by atoms with Crippen LogP contribution in [0.1, 0.15) is 87.6 Å². The highest BCUT2D eigenvalue weighted by atomic mass is 16.6. The van der Waals surface area contributed by atoms with E-state index in [-0.39, 0.29) is 29.8 Å². The molecule has 0 fully saturated rings. The van der Waals surface area contributed by atoms with Crippen LogP contribution < -0.4 is 15.2 Å². The zero-order valence-corrected chi connectivity index (χ0v) is 24.5. The van der Waals surface area contributed by atoms with Gasteiger partial charge in [0.05, 0.1) is 16.7 Å². The van der Waals surface area contributed by atoms with Gasteiger partial charge in [0.15, 0.2) is 11.5 Å². The molecule has 3 atom stereocenters. The summed E-state index contributed by atoms with van der Waals surface area (Å²) < 4.78 is 22.0. The summed E-state index contributed by atoms with van der Waals surface area (Å²) in [6, 6.07) is 3.67. The maximum absolute atomic E-state index is 12.8. The second-order valence-corrected chi connectivity index (χ2v) is 11.3. The molecule has 0 bridgehead atoms. The molecule has 0 aliphatic heterocycles. The van der Waals surface area contributed by atoms with Gasteiger partial charge in [0.1, 0.15) is 18.2 Å². The maximum Gasteiger partial charge on any atom is 0.323 e. The first-order chi connectivity index (χ1) is 17.4. The van der Waals surface area contributed by atoms with E-state index in [4.69, 9.17) is 24.7 Å². The van der Waals surface area contributed by atoms with E-state index < -0.39 is 47.0 Å². The molecule has 0 saturated carbocycles. The molecule has 1 aromatic rings. The molecule has 0 heterocycles. The minimum absolute atomic E-state index is 0.0671. The van der Waals surface area contributed by atoms with Gasteiger partial charge in [-0.05, 0) is 78.5 Å². The normalized spacial score (nSPS) is 14.3. The van der Waals surface area contributed by atoms with Gasteiger partial charge < -0.3 is 24.7 Å². The van der Waals surface area contributed by atoms with Crippen LogP contribution in [0.3, 0.4) is 0 Å². The van der Waals surface area contributed by atoms with Gasteiger partial charge in [0.2, 0.25) is 0 Å². The number of nitrogens with two attached hydrogens (primary N) is 1. The van der Waals surface area contributed by atoms with E-state index in [1.807, 2.05) is 13.8 Å². The van der Waals surface area contributed by atoms with Crippen LogP contribution in [0, 0.1) is 16.7 Å². The lowest BCUT2D eigenvalue weighted by atomic mass is 9.90. The third-order valence-electron chi connectivity index (χ3n) is 6.78. The van der Waals surface area contributed by atoms with Crippen molar-refractivity contribution in [2.24, 2.45) is 22.5 Å². The summed E-state index contributed by atoms with van der Waals surface area (Å²) in [5.41, 5.74) is 5.20. The summed E-state index contributed by atoms with van der Waals surface area (Å²) in [7, 11) is 0. The molecule has 9 heteroatoms. The van der Waals surface area contributed by atoms with Crippen molar-refractivity contribution in [2.75, 3.05) is 0 Å². The summed E-state index contributed by atoms with van der Waals surface area (Å²) in [6.07, 6.45) is -0.166. The summed E-state index contributed by atoms with van der Waals surface area (Å²) >= 11 is 0. The van der Waals surface area contributed by atoms with Crippen LogP contribution in [0.2, 0.25) is 0 Å². The number of hydrogen-bond acceptors (Lipinski definition) is 9. The Hall–Kier alpha value is -2.94. The first-order valence-electron chi connectivity index (χ1n) is 13.2. The molecule has 0 aliphatic carbocycles. The fraction of sp³-hybridized carbons (Fsp3) is 0.655. The second-order valence-electron chi connectivity index (χ2n) is 11.3. The molecular formula is C29H45NO8. The van der Waals surface area contributed by atoms with E-state index in [0.717, 1.165) is 0 Å². The third-order valence-corrected chi connectivity index (χ3v) is 6.78. The highest BCUT2D eigenvalue weighted by Gasteiger charge is 2.32. The van der Waals surface area contributed by atoms with Crippen LogP contribution in [0.15, 0.2) is 18.2 Å². The largest absolute Gasteiger partial charge is 0.459 e. The number of esters is 4. The molecule has 0 spiro atoms. The van der Waals surface area contributed by atoms with Crippen LogP contribution in [0.25, 0.3) is 0 Å². The average Bonchev–Trinajstić information content (AvgIpc) is 2.84. The first kappa shape index (κ1) is 33.1. The van der Waals surface area contributed by atoms with Crippen molar-refractivity contribution in [3.63, 3.8) is 0 Å². The zero-order chi connectivity index (χ0) is 29.4. The molecular weight excluding hydrogens is 490 g/mol. The van der Waals surface area contributed by atoms with Gasteiger partial charge in [-0.15, -0.1) is 0 Å². The molecule has 9 nitrogen and oxygen atoms in total. The number of carbonyl (C=O) groups excluding carboxylic acids is 4. The maximum atomic E-state index is 12.8. The van der Waals surface area contributed by atoms with Crippen molar-refractivity contribution in [3.05, 3.63) is 23.8 Å². The van der Waals surface area contributed by atoms with Gasteiger partial charge in [-0.3, -0.25) is 19.2 Å². The smallest absolute Gasteiger partial charge is 0.323 e. The Morgan fingerprint density at radius 3 is 1.66 bits per heavy atom. The number of benzene rings is 1. The van der Waals surface area contributed by atoms with Crippen LogP contribution in [0.5, 0.6) is 11.5 Å². The minimum atomic E-state index is -1.03. The van der Waals surface area contributed by atoms with E-state index in [1.165, 1.54) is 12.1 Å². The van der Waals surface area contributed by atoms with E-state index in [2.05, 4.69) is 0 Å². The van der Waals surface area contributed by atoms with Crippen LogP contribution in [-0.4, -0.2) is 42.1 Å². The summed E-state index contributed by atoms with van der Waals surface area (Å²) in [4.78, 5) is 49.9. The van der Waals surface area contributed by atoms with Gasteiger partial charge in [-0.2, -0.15) is 0 Å². The molecule has 0 unspecified atom stereocenters. The lowest BCUT2D eigenvalue weighted by molar-refractivity contribution is -0.168. The minimum Gasteiger partial charge on any atom is -0.459 e. The van der Waals surface area contributed by atoms with Gasteiger partial charge in [-0.1, -0.05) is 33.8 Å². The van der Waals surface area contributed by atoms with Crippen LogP contribution in [0.4, 0.5) is 0 Å². The van der Waals surface area contributed by atoms with Crippen molar-refractivity contribution in [1.82, 2.24) is 0 Å². The van der Waals surface area contributed by atoms with E-state index in [9.17, 15) is 19.2 Å². The lowest BCUT2D eigenvalue weighted by Crippen LogP contribution is -2.39. The summed E-state index contributed by atoms with van der Waals surface area (Å²) in [5, 5.41) is 0. The van der Waals surface area contributed by atoms with Crippen molar-refractivity contribution in [2.45, 2.75) is 107 Å². The van der Waals surface area contributed by atoms with Crippen molar-refractivity contribution < 1.29 is 38.1 Å². The Bertz CT molecular complexity index is 998. The Balaban J connectivity index is 3.09. The molecule has 214 valence electrons. The standard InChI is InChI=1S/C29H45NO8/c1-11-28(7,8)26(33)37-22-14-13-20(16-23(22)38-27(34)29(9,10)12-2)15-21(30)25(32)36-19(6)18(5)35-24(31)17(3)4/h13-14,16-19,21H,11-12,15,30H2,1-10H3/t18-,19-,21-/m0/s1. The topological polar surface area (TPSA) is 131 Å². The summed E-state index contributed by atoms with van der Waals surface area (Å²) in [5.74, 6) is -2.13. The quantitative estimate of drug-likeness (QED) is 0.280. The Labute approximate surface area is 226 Å². The molecule has 0 aromatic heterocycles. The molecule has 0 radical (unpaired) electrons. The number of ether oxygens (including phenoxy) is 4. The third kappa shape index (κ3) is 9.42. The predicted octanol–water partition coefficient (Wildman–Crippen LogP) is 4.76. The highest BCUT2D eigenvalue weighted by molar-refractivity contribution is 5.81. The predicted molar refractivity (Wildman–Crippen MR) is 143 cm³/mol. The number of carbonyl (C=O) groups is 4. The number of hydrogen-bond donors (Lipinski definition) is 1. The Kier molecular flexibility index (Phi) is 12.0. The van der Waals surface area contributed by atoms with Crippen LogP contribution in [-0.2, 0) is 35.1 Å². The molecule has 2 N–H and O–H groups in total. The molecule has 0 aliphatic rings. The molecule has 0 saturated heterocycles. The van der Waals surface area contributed by atoms with Crippen LogP contribution >= 0.6 is 0 Å². The summed E-state index contributed by atoms with van der Waals surface area (Å²) in [6.45, 7) is 17.5. The first-order valence-corrected chi connectivity index (χ1v) is 13.2. The molecule has 1 rings (SSSR count). The van der Waals surface area contributed by atoms with E-state index in [0.29, 0.717) is 18.4 Å². The Morgan fingerprint density at radius 1 is 0.763 bits per heavy atom. The lowest BCUT2D eigenvalue weighted by Gasteiger charge is -2.24. The van der Waals surface area contributed by atoms with E-state index >= 15 is 0 Å². The second kappa shape index (κ2) is 13.7. The molecule has 1 aromatic carbocycles. The van der Waals surface area contributed by atoms with Gasteiger partial charge in [0, 0.05) is 0 Å². The van der Waals surface area contributed by atoms with Crippen molar-refractivity contribution in [1.29, 1.82) is 0 Å². The fourth-order valence-electron chi connectivity index (χ4n) is 2.73. The monoisotopic (exact) mass is 535 g/mol. The van der Waals surface area contributed by atoms with Gasteiger partial charge in [0.25, 0.3) is 0 Å². The fourth-order valence-corrected chi connectivity index (χ4v) is 2.73. The van der Waals surface area contributed by atoms with Gasteiger partial charge in [-0.25, -0.2) is 0 Å². The van der Waals surface area contributed by atoms with Crippen molar-refractivity contribution in [3.8, 4) is 11.5 Å². The molecule has 38 heavy (non-hydrogen) atoms. The highest BCUT2D eigenvalue weighted by Crippen LogP contribution is 2.34. The Morgan fingerprint density at radius 2 is 1.21 bits per heavy atom. The molecule has 0 amide bonds.